The van der Waals surface area contributed by atoms with E-state index in [0.717, 1.165) is 11.3 Å². The van der Waals surface area contributed by atoms with Gasteiger partial charge in [0.25, 0.3) is 0 Å². The summed E-state index contributed by atoms with van der Waals surface area (Å²) in [5.74, 6) is 5.70. The zero-order chi connectivity index (χ0) is 12.4. The van der Waals surface area contributed by atoms with Gasteiger partial charge in [-0.2, -0.15) is 5.10 Å². The molecule has 90 valence electrons. The summed E-state index contributed by atoms with van der Waals surface area (Å²) >= 11 is 0. The standard InChI is InChI=1S/C13H18N4/c1-9-6-4-5-7-11(9)13(16-14)12-8-15-17(3)10(12)2/h4-8,13,16H,14H2,1-3H3. The van der Waals surface area contributed by atoms with Crippen molar-refractivity contribution >= 4 is 0 Å². The average molecular weight is 230 g/mol. The van der Waals surface area contributed by atoms with Gasteiger partial charge >= 0.3 is 0 Å². The summed E-state index contributed by atoms with van der Waals surface area (Å²) < 4.78 is 1.86. The molecular formula is C13H18N4. The molecule has 3 N–H and O–H groups in total. The largest absolute Gasteiger partial charge is 0.273 e. The van der Waals surface area contributed by atoms with Gasteiger partial charge in [0, 0.05) is 18.3 Å². The van der Waals surface area contributed by atoms with Gasteiger partial charge in [0.15, 0.2) is 0 Å². The zero-order valence-electron chi connectivity index (χ0n) is 10.4. The molecule has 0 aliphatic rings. The first kappa shape index (κ1) is 11.8. The van der Waals surface area contributed by atoms with E-state index in [2.05, 4.69) is 29.6 Å². The third-order valence-electron chi connectivity index (χ3n) is 3.25. The van der Waals surface area contributed by atoms with Crippen molar-refractivity contribution in [3.05, 3.63) is 52.8 Å². The third-order valence-corrected chi connectivity index (χ3v) is 3.25. The molecule has 1 aromatic heterocycles. The second kappa shape index (κ2) is 4.69. The minimum Gasteiger partial charge on any atom is -0.273 e. The van der Waals surface area contributed by atoms with E-state index in [1.54, 1.807) is 0 Å². The molecule has 4 heteroatoms. The number of rotatable bonds is 3. The Hall–Kier alpha value is -1.65. The smallest absolute Gasteiger partial charge is 0.0745 e. The molecule has 0 aliphatic carbocycles. The molecule has 0 bridgehead atoms. The van der Waals surface area contributed by atoms with Gasteiger partial charge in [-0.15, -0.1) is 0 Å². The van der Waals surface area contributed by atoms with Crippen LogP contribution in [0.2, 0.25) is 0 Å². The van der Waals surface area contributed by atoms with Crippen LogP contribution >= 0.6 is 0 Å². The van der Waals surface area contributed by atoms with Gasteiger partial charge in [-0.3, -0.25) is 10.5 Å². The number of benzene rings is 1. The van der Waals surface area contributed by atoms with E-state index in [9.17, 15) is 0 Å². The second-order valence-electron chi connectivity index (χ2n) is 4.27. The summed E-state index contributed by atoms with van der Waals surface area (Å²) in [6.07, 6.45) is 1.87. The lowest BCUT2D eigenvalue weighted by Gasteiger charge is -2.18. The molecule has 1 unspecified atom stereocenters. The van der Waals surface area contributed by atoms with Crippen molar-refractivity contribution in [2.75, 3.05) is 0 Å². The summed E-state index contributed by atoms with van der Waals surface area (Å²) in [6.45, 7) is 4.14. The Morgan fingerprint density at radius 2 is 1.94 bits per heavy atom. The lowest BCUT2D eigenvalue weighted by molar-refractivity contribution is 0.627. The highest BCUT2D eigenvalue weighted by Crippen LogP contribution is 2.25. The fraction of sp³-hybridized carbons (Fsp3) is 0.308. The fourth-order valence-electron chi connectivity index (χ4n) is 2.06. The predicted octanol–water partition coefficient (Wildman–Crippen LogP) is 1.59. The molecule has 1 atom stereocenters. The van der Waals surface area contributed by atoms with E-state index in [0.29, 0.717) is 0 Å². The Kier molecular flexibility index (Phi) is 3.26. The van der Waals surface area contributed by atoms with Gasteiger partial charge in [0.1, 0.15) is 0 Å². The van der Waals surface area contributed by atoms with E-state index < -0.39 is 0 Å². The van der Waals surface area contributed by atoms with Crippen LogP contribution < -0.4 is 11.3 Å². The number of nitrogens with zero attached hydrogens (tertiary/aromatic N) is 2. The Morgan fingerprint density at radius 3 is 2.47 bits per heavy atom. The summed E-state index contributed by atoms with van der Waals surface area (Å²) in [6, 6.07) is 8.23. The molecule has 17 heavy (non-hydrogen) atoms. The number of aromatic nitrogens is 2. The molecular weight excluding hydrogens is 212 g/mol. The van der Waals surface area contributed by atoms with Gasteiger partial charge in [-0.1, -0.05) is 24.3 Å². The van der Waals surface area contributed by atoms with Crippen LogP contribution in [0, 0.1) is 13.8 Å². The van der Waals surface area contributed by atoms with Crippen LogP contribution in [0.3, 0.4) is 0 Å². The van der Waals surface area contributed by atoms with E-state index in [4.69, 9.17) is 5.84 Å². The van der Waals surface area contributed by atoms with Gasteiger partial charge in [0.05, 0.1) is 12.2 Å². The summed E-state index contributed by atoms with van der Waals surface area (Å²) in [4.78, 5) is 0. The Balaban J connectivity index is 2.48. The molecule has 1 heterocycles. The molecule has 0 saturated heterocycles. The maximum atomic E-state index is 5.70. The van der Waals surface area contributed by atoms with Crippen molar-refractivity contribution in [2.45, 2.75) is 19.9 Å². The van der Waals surface area contributed by atoms with Crippen LogP contribution in [0.4, 0.5) is 0 Å². The van der Waals surface area contributed by atoms with Gasteiger partial charge in [-0.05, 0) is 25.0 Å². The summed E-state index contributed by atoms with van der Waals surface area (Å²) in [7, 11) is 1.93. The van der Waals surface area contributed by atoms with Gasteiger partial charge < -0.3 is 0 Å². The number of aryl methyl sites for hydroxylation is 2. The van der Waals surface area contributed by atoms with Crippen LogP contribution in [0.1, 0.15) is 28.4 Å². The van der Waals surface area contributed by atoms with Gasteiger partial charge in [0.2, 0.25) is 0 Å². The van der Waals surface area contributed by atoms with Crippen molar-refractivity contribution in [3.8, 4) is 0 Å². The molecule has 4 nitrogen and oxygen atoms in total. The molecule has 1 aromatic carbocycles. The van der Waals surface area contributed by atoms with Crippen LogP contribution in [-0.2, 0) is 7.05 Å². The van der Waals surface area contributed by atoms with Crippen molar-refractivity contribution in [1.29, 1.82) is 0 Å². The Labute approximate surface area is 101 Å². The monoisotopic (exact) mass is 230 g/mol. The van der Waals surface area contributed by atoms with E-state index in [1.165, 1.54) is 11.1 Å². The topological polar surface area (TPSA) is 55.9 Å². The van der Waals surface area contributed by atoms with Crippen LogP contribution in [0.5, 0.6) is 0 Å². The van der Waals surface area contributed by atoms with Crippen molar-refractivity contribution in [2.24, 2.45) is 12.9 Å². The molecule has 0 spiro atoms. The Morgan fingerprint density at radius 1 is 1.24 bits per heavy atom. The van der Waals surface area contributed by atoms with E-state index in [1.807, 2.05) is 37.0 Å². The molecule has 0 saturated carbocycles. The van der Waals surface area contributed by atoms with E-state index >= 15 is 0 Å². The fourth-order valence-corrected chi connectivity index (χ4v) is 2.06. The van der Waals surface area contributed by atoms with Crippen LogP contribution in [0.15, 0.2) is 30.5 Å². The van der Waals surface area contributed by atoms with E-state index in [-0.39, 0.29) is 6.04 Å². The zero-order valence-corrected chi connectivity index (χ0v) is 10.4. The molecule has 0 radical (unpaired) electrons. The lowest BCUT2D eigenvalue weighted by atomic mass is 9.96. The van der Waals surface area contributed by atoms with Gasteiger partial charge in [-0.25, -0.2) is 5.43 Å². The molecule has 2 rings (SSSR count). The van der Waals surface area contributed by atoms with Crippen molar-refractivity contribution in [1.82, 2.24) is 15.2 Å². The SMILES string of the molecule is Cc1ccccc1C(NN)c1cnn(C)c1C. The molecule has 0 fully saturated rings. The molecule has 0 aliphatic heterocycles. The number of hydrogen-bond donors (Lipinski definition) is 2. The highest BCUT2D eigenvalue weighted by molar-refractivity contribution is 5.37. The first-order chi connectivity index (χ1) is 8.15. The molecule has 2 aromatic rings. The number of nitrogens with one attached hydrogen (secondary N) is 1. The van der Waals surface area contributed by atoms with Crippen LogP contribution in [0.25, 0.3) is 0 Å². The normalized spacial score (nSPS) is 12.7. The van der Waals surface area contributed by atoms with Crippen molar-refractivity contribution < 1.29 is 0 Å². The first-order valence-corrected chi connectivity index (χ1v) is 5.65. The minimum absolute atomic E-state index is 0.00935. The predicted molar refractivity (Wildman–Crippen MR) is 68.3 cm³/mol. The highest BCUT2D eigenvalue weighted by Gasteiger charge is 2.18. The maximum Gasteiger partial charge on any atom is 0.0745 e. The molecule has 0 amide bonds. The Bertz CT molecular complexity index is 516. The highest BCUT2D eigenvalue weighted by atomic mass is 15.3. The number of hydrazine groups is 1. The summed E-state index contributed by atoms with van der Waals surface area (Å²) in [5.41, 5.74) is 7.52. The average Bonchev–Trinajstić information content (AvgIpc) is 2.65. The summed E-state index contributed by atoms with van der Waals surface area (Å²) in [5, 5.41) is 4.26. The number of nitrogens with two attached hydrogens (primary N) is 1. The first-order valence-electron chi connectivity index (χ1n) is 5.65. The minimum atomic E-state index is -0.00935. The van der Waals surface area contributed by atoms with Crippen LogP contribution in [-0.4, -0.2) is 9.78 Å². The third kappa shape index (κ3) is 2.09. The maximum absolute atomic E-state index is 5.70. The number of hydrogen-bond acceptors (Lipinski definition) is 3. The quantitative estimate of drug-likeness (QED) is 0.622. The lowest BCUT2D eigenvalue weighted by Crippen LogP contribution is -2.29. The second-order valence-corrected chi connectivity index (χ2v) is 4.27. The van der Waals surface area contributed by atoms with Crippen molar-refractivity contribution in [3.63, 3.8) is 0 Å².